The minimum absolute atomic E-state index is 0.0519. The Labute approximate surface area is 164 Å². The van der Waals surface area contributed by atoms with Gasteiger partial charge >= 0.3 is 12.2 Å². The first kappa shape index (κ1) is 18.4. The van der Waals surface area contributed by atoms with Crippen molar-refractivity contribution in [3.05, 3.63) is 44.8 Å². The highest BCUT2D eigenvalue weighted by Gasteiger charge is 2.68. The normalized spacial score (nSPS) is 19.9. The molecule has 1 saturated carbocycles. The monoisotopic (exact) mass is 460 g/mol. The van der Waals surface area contributed by atoms with E-state index in [0.717, 1.165) is 0 Å². The van der Waals surface area contributed by atoms with Gasteiger partial charge in [0.2, 0.25) is 0 Å². The van der Waals surface area contributed by atoms with Gasteiger partial charge in [0.15, 0.2) is 9.96 Å². The molecule has 2 aromatic rings. The van der Waals surface area contributed by atoms with E-state index in [-0.39, 0.29) is 12.1 Å². The lowest BCUT2D eigenvalue weighted by molar-refractivity contribution is -0.182. The van der Waals surface area contributed by atoms with E-state index in [2.05, 4.69) is 26.1 Å². The topological polar surface area (TPSA) is 66.4 Å². The maximum atomic E-state index is 13.8. The Hall–Kier alpha value is -2.01. The summed E-state index contributed by atoms with van der Waals surface area (Å²) in [5.74, 6) is -0.803. The SMILES string of the molecule is O=C1N([C@@H](c2ccccc2)C(F)(F)F)C(=O)C2(CC2)N1Cc1nnc(Br)s1. The molecule has 1 atom stereocenters. The molecule has 3 amide bonds. The molecule has 1 saturated heterocycles. The van der Waals surface area contributed by atoms with Gasteiger partial charge in [0.1, 0.15) is 10.5 Å². The number of halogens is 4. The van der Waals surface area contributed by atoms with Crippen molar-refractivity contribution in [1.82, 2.24) is 20.0 Å². The lowest BCUT2D eigenvalue weighted by Crippen LogP contribution is -2.43. The minimum Gasteiger partial charge on any atom is -0.303 e. The average molecular weight is 461 g/mol. The van der Waals surface area contributed by atoms with E-state index in [4.69, 9.17) is 0 Å². The summed E-state index contributed by atoms with van der Waals surface area (Å²) in [6, 6.07) is 3.74. The van der Waals surface area contributed by atoms with Gasteiger partial charge in [0, 0.05) is 0 Å². The predicted octanol–water partition coefficient (Wildman–Crippen LogP) is 3.90. The molecule has 1 aliphatic heterocycles. The van der Waals surface area contributed by atoms with E-state index in [1.807, 2.05) is 0 Å². The summed E-state index contributed by atoms with van der Waals surface area (Å²) in [5.41, 5.74) is -1.35. The third kappa shape index (κ3) is 3.02. The lowest BCUT2D eigenvalue weighted by atomic mass is 10.0. The lowest BCUT2D eigenvalue weighted by Gasteiger charge is -2.28. The smallest absolute Gasteiger partial charge is 0.303 e. The summed E-state index contributed by atoms with van der Waals surface area (Å²) >= 11 is 4.33. The van der Waals surface area contributed by atoms with Crippen LogP contribution in [0.3, 0.4) is 0 Å². The van der Waals surface area contributed by atoms with E-state index in [0.29, 0.717) is 26.7 Å². The molecule has 27 heavy (non-hydrogen) atoms. The summed E-state index contributed by atoms with van der Waals surface area (Å²) in [4.78, 5) is 27.4. The van der Waals surface area contributed by atoms with E-state index < -0.39 is 29.7 Å². The Kier molecular flexibility index (Phi) is 4.26. The number of urea groups is 1. The summed E-state index contributed by atoms with van der Waals surface area (Å²) in [6.45, 7) is -0.0519. The standard InChI is InChI=1S/C16H12BrF3N4O2S/c17-13-22-21-10(27-13)8-23-14(26)24(12(25)15(23)6-7-15)11(16(18,19)20)9-4-2-1-3-5-9/h1-5,11H,6-8H2/t11-/m0/s1. The minimum atomic E-state index is -4.79. The highest BCUT2D eigenvalue weighted by molar-refractivity contribution is 9.11. The predicted molar refractivity (Wildman–Crippen MR) is 92.6 cm³/mol. The van der Waals surface area contributed by atoms with Gasteiger partial charge in [-0.3, -0.25) is 4.79 Å². The van der Waals surface area contributed by atoms with Crippen LogP contribution < -0.4 is 0 Å². The number of rotatable bonds is 4. The summed E-state index contributed by atoms with van der Waals surface area (Å²) in [5, 5.41) is 8.11. The van der Waals surface area contributed by atoms with Crippen LogP contribution in [0.15, 0.2) is 34.2 Å². The largest absolute Gasteiger partial charge is 0.413 e. The van der Waals surface area contributed by atoms with Crippen molar-refractivity contribution in [2.45, 2.75) is 37.1 Å². The second-order valence-corrected chi connectivity index (χ2v) is 8.72. The molecule has 0 N–H and O–H groups in total. The molecule has 6 nitrogen and oxygen atoms in total. The molecule has 1 aliphatic carbocycles. The first-order valence-corrected chi connectivity index (χ1v) is 9.60. The molecule has 2 aliphatic rings. The Bertz CT molecular complexity index is 901. The molecule has 142 valence electrons. The number of benzene rings is 1. The Morgan fingerprint density at radius 2 is 1.85 bits per heavy atom. The molecule has 1 aromatic carbocycles. The van der Waals surface area contributed by atoms with Crippen LogP contribution in [-0.4, -0.2) is 43.7 Å². The average Bonchev–Trinajstić information content (AvgIpc) is 3.28. The third-order valence-electron chi connectivity index (χ3n) is 4.71. The summed E-state index contributed by atoms with van der Waals surface area (Å²) in [6.07, 6.45) is -4.11. The van der Waals surface area contributed by atoms with Gasteiger partial charge < -0.3 is 4.90 Å². The van der Waals surface area contributed by atoms with Crippen molar-refractivity contribution in [3.8, 4) is 0 Å². The number of carbonyl (C=O) groups is 2. The van der Waals surface area contributed by atoms with Crippen molar-refractivity contribution < 1.29 is 22.8 Å². The third-order valence-corrected chi connectivity index (χ3v) is 6.05. The first-order valence-electron chi connectivity index (χ1n) is 7.99. The first-order chi connectivity index (χ1) is 12.7. The summed E-state index contributed by atoms with van der Waals surface area (Å²) in [7, 11) is 0. The van der Waals surface area contributed by atoms with E-state index in [9.17, 15) is 22.8 Å². The fourth-order valence-electron chi connectivity index (χ4n) is 3.34. The van der Waals surface area contributed by atoms with Crippen molar-refractivity contribution in [2.75, 3.05) is 0 Å². The molecule has 0 radical (unpaired) electrons. The Balaban J connectivity index is 1.72. The van der Waals surface area contributed by atoms with Gasteiger partial charge in [-0.1, -0.05) is 41.7 Å². The molecular formula is C16H12BrF3N4O2S. The van der Waals surface area contributed by atoms with Crippen LogP contribution in [0.4, 0.5) is 18.0 Å². The number of aromatic nitrogens is 2. The molecule has 2 heterocycles. The molecule has 1 spiro atoms. The molecule has 11 heteroatoms. The van der Waals surface area contributed by atoms with E-state index in [1.165, 1.54) is 40.5 Å². The Morgan fingerprint density at radius 3 is 2.37 bits per heavy atom. The van der Waals surface area contributed by atoms with Gasteiger partial charge in [-0.2, -0.15) is 13.2 Å². The second kappa shape index (κ2) is 6.26. The van der Waals surface area contributed by atoms with Crippen LogP contribution in [-0.2, 0) is 11.3 Å². The van der Waals surface area contributed by atoms with Crippen LogP contribution in [0.25, 0.3) is 0 Å². The van der Waals surface area contributed by atoms with Crippen LogP contribution in [0.1, 0.15) is 29.5 Å². The van der Waals surface area contributed by atoms with Gasteiger partial charge in [0.05, 0.1) is 6.54 Å². The van der Waals surface area contributed by atoms with Gasteiger partial charge in [-0.25, -0.2) is 9.69 Å². The van der Waals surface area contributed by atoms with Gasteiger partial charge in [0.25, 0.3) is 5.91 Å². The zero-order valence-corrected chi connectivity index (χ0v) is 16.0. The van der Waals surface area contributed by atoms with Crippen LogP contribution in [0, 0.1) is 0 Å². The molecule has 4 rings (SSSR count). The molecular weight excluding hydrogens is 449 g/mol. The zero-order chi connectivity index (χ0) is 19.4. The number of amides is 3. The maximum Gasteiger partial charge on any atom is 0.413 e. The maximum absolute atomic E-state index is 13.8. The number of imide groups is 1. The quantitative estimate of drug-likeness (QED) is 0.648. The van der Waals surface area contributed by atoms with Crippen molar-refractivity contribution >= 4 is 39.2 Å². The number of hydrogen-bond donors (Lipinski definition) is 0. The van der Waals surface area contributed by atoms with Crippen LogP contribution in [0.5, 0.6) is 0 Å². The highest BCUT2D eigenvalue weighted by atomic mass is 79.9. The number of alkyl halides is 3. The van der Waals surface area contributed by atoms with E-state index in [1.54, 1.807) is 6.07 Å². The van der Waals surface area contributed by atoms with Crippen molar-refractivity contribution in [3.63, 3.8) is 0 Å². The van der Waals surface area contributed by atoms with Gasteiger partial charge in [-0.05, 0) is 34.3 Å². The molecule has 1 aromatic heterocycles. The molecule has 0 bridgehead atoms. The zero-order valence-electron chi connectivity index (χ0n) is 13.6. The molecule has 2 fully saturated rings. The number of nitrogens with zero attached hydrogens (tertiary/aromatic N) is 4. The van der Waals surface area contributed by atoms with Crippen molar-refractivity contribution in [1.29, 1.82) is 0 Å². The van der Waals surface area contributed by atoms with Crippen LogP contribution >= 0.6 is 27.3 Å². The molecule has 0 unspecified atom stereocenters. The van der Waals surface area contributed by atoms with Gasteiger partial charge in [-0.15, -0.1) is 10.2 Å². The fourth-order valence-corrected chi connectivity index (χ4v) is 4.53. The Morgan fingerprint density at radius 1 is 1.19 bits per heavy atom. The van der Waals surface area contributed by atoms with Crippen LogP contribution in [0.2, 0.25) is 0 Å². The second-order valence-electron chi connectivity index (χ2n) is 6.38. The van der Waals surface area contributed by atoms with E-state index >= 15 is 0 Å². The highest BCUT2D eigenvalue weighted by Crippen LogP contribution is 2.52. The number of hydrogen-bond acceptors (Lipinski definition) is 5. The summed E-state index contributed by atoms with van der Waals surface area (Å²) < 4.78 is 42.0. The number of carbonyl (C=O) groups excluding carboxylic acids is 2. The fraction of sp³-hybridized carbons (Fsp3) is 0.375. The van der Waals surface area contributed by atoms with Crippen molar-refractivity contribution in [2.24, 2.45) is 0 Å².